The monoisotopic (exact) mass is 169 g/mol. The number of aryl methyl sites for hydroxylation is 1. The van der Waals surface area contributed by atoms with Crippen LogP contribution in [0.25, 0.3) is 0 Å². The standard InChI is InChI=1S/C9H10ClO/c1-3-7-4-8(10)6-9(5-7)11-2/h4,6H,3H2,1-2H3. The zero-order valence-corrected chi connectivity index (χ0v) is 7.40. The molecule has 0 saturated carbocycles. The zero-order chi connectivity index (χ0) is 8.27. The first-order valence-electron chi connectivity index (χ1n) is 3.52. The van der Waals surface area contributed by atoms with Gasteiger partial charge in [0.1, 0.15) is 5.75 Å². The summed E-state index contributed by atoms with van der Waals surface area (Å²) in [4.78, 5) is 0. The van der Waals surface area contributed by atoms with Crippen molar-refractivity contribution in [2.75, 3.05) is 7.11 Å². The van der Waals surface area contributed by atoms with E-state index in [-0.39, 0.29) is 0 Å². The molecule has 0 N–H and O–H groups in total. The van der Waals surface area contributed by atoms with Crippen LogP contribution in [0.2, 0.25) is 5.02 Å². The van der Waals surface area contributed by atoms with Crippen molar-refractivity contribution >= 4 is 11.6 Å². The third kappa shape index (κ3) is 2.12. The summed E-state index contributed by atoms with van der Waals surface area (Å²) in [6, 6.07) is 6.72. The third-order valence-electron chi connectivity index (χ3n) is 1.47. The lowest BCUT2D eigenvalue weighted by Crippen LogP contribution is -1.86. The molecule has 0 unspecified atom stereocenters. The maximum atomic E-state index is 5.81. The molecule has 0 atom stereocenters. The Kier molecular flexibility index (Phi) is 2.77. The van der Waals surface area contributed by atoms with Crippen LogP contribution < -0.4 is 4.74 Å². The van der Waals surface area contributed by atoms with Gasteiger partial charge in [-0.2, -0.15) is 0 Å². The Hall–Kier alpha value is -0.690. The second-order valence-electron chi connectivity index (χ2n) is 2.25. The van der Waals surface area contributed by atoms with Crippen LogP contribution in [0, 0.1) is 6.07 Å². The van der Waals surface area contributed by atoms with Crippen LogP contribution in [0.5, 0.6) is 5.75 Å². The van der Waals surface area contributed by atoms with Gasteiger partial charge in [0.15, 0.2) is 0 Å². The average molecular weight is 170 g/mol. The summed E-state index contributed by atoms with van der Waals surface area (Å²) < 4.78 is 5.00. The molecule has 0 amide bonds. The summed E-state index contributed by atoms with van der Waals surface area (Å²) in [7, 11) is 1.61. The number of benzene rings is 1. The van der Waals surface area contributed by atoms with Crippen LogP contribution in [0.15, 0.2) is 12.1 Å². The molecule has 0 heterocycles. The molecule has 1 aromatic carbocycles. The Morgan fingerprint density at radius 3 is 2.82 bits per heavy atom. The Labute approximate surface area is 71.9 Å². The van der Waals surface area contributed by atoms with Gasteiger partial charge in [-0.15, -0.1) is 0 Å². The highest BCUT2D eigenvalue weighted by molar-refractivity contribution is 6.30. The van der Waals surface area contributed by atoms with E-state index >= 15 is 0 Å². The van der Waals surface area contributed by atoms with E-state index in [9.17, 15) is 0 Å². The van der Waals surface area contributed by atoms with E-state index < -0.39 is 0 Å². The largest absolute Gasteiger partial charge is 0.496 e. The Morgan fingerprint density at radius 1 is 1.55 bits per heavy atom. The van der Waals surface area contributed by atoms with Crippen molar-refractivity contribution < 1.29 is 4.74 Å². The van der Waals surface area contributed by atoms with Crippen LogP contribution in [0.4, 0.5) is 0 Å². The van der Waals surface area contributed by atoms with Gasteiger partial charge in [0.2, 0.25) is 0 Å². The summed E-state index contributed by atoms with van der Waals surface area (Å²) in [6.45, 7) is 2.06. The highest BCUT2D eigenvalue weighted by Crippen LogP contribution is 2.19. The first-order valence-corrected chi connectivity index (χ1v) is 3.89. The summed E-state index contributed by atoms with van der Waals surface area (Å²) >= 11 is 5.81. The number of halogens is 1. The van der Waals surface area contributed by atoms with Gasteiger partial charge < -0.3 is 4.74 Å². The molecule has 2 heteroatoms. The van der Waals surface area contributed by atoms with E-state index in [1.807, 2.05) is 6.07 Å². The lowest BCUT2D eigenvalue weighted by Gasteiger charge is -2.01. The SMILES string of the molecule is CCc1[c]c(OC)cc(Cl)c1. The van der Waals surface area contributed by atoms with E-state index in [0.717, 1.165) is 12.0 Å². The molecule has 11 heavy (non-hydrogen) atoms. The van der Waals surface area contributed by atoms with Gasteiger partial charge in [-0.05, 0) is 24.1 Å². The van der Waals surface area contributed by atoms with Gasteiger partial charge >= 0.3 is 0 Å². The smallest absolute Gasteiger partial charge is 0.128 e. The summed E-state index contributed by atoms with van der Waals surface area (Å²) in [5.41, 5.74) is 1.08. The fourth-order valence-corrected chi connectivity index (χ4v) is 1.09. The number of ether oxygens (including phenoxy) is 1. The minimum atomic E-state index is 0.703. The molecule has 1 rings (SSSR count). The lowest BCUT2D eigenvalue weighted by atomic mass is 10.2. The van der Waals surface area contributed by atoms with Gasteiger partial charge in [-0.3, -0.25) is 0 Å². The third-order valence-corrected chi connectivity index (χ3v) is 1.68. The van der Waals surface area contributed by atoms with Crippen molar-refractivity contribution in [3.05, 3.63) is 28.8 Å². The number of hydrogen-bond donors (Lipinski definition) is 0. The summed E-state index contributed by atoms with van der Waals surface area (Å²) in [6.07, 6.45) is 0.927. The molecule has 59 valence electrons. The van der Waals surface area contributed by atoms with Gasteiger partial charge in [0.25, 0.3) is 0 Å². The van der Waals surface area contributed by atoms with Gasteiger partial charge in [-0.25, -0.2) is 0 Å². The van der Waals surface area contributed by atoms with E-state index in [1.54, 1.807) is 13.2 Å². The second kappa shape index (κ2) is 3.63. The Balaban J connectivity index is 3.02. The fraction of sp³-hybridized carbons (Fsp3) is 0.333. The Morgan fingerprint density at radius 2 is 2.27 bits per heavy atom. The van der Waals surface area contributed by atoms with Crippen LogP contribution in [0.1, 0.15) is 12.5 Å². The van der Waals surface area contributed by atoms with E-state index in [2.05, 4.69) is 13.0 Å². The molecule has 1 aromatic rings. The van der Waals surface area contributed by atoms with E-state index in [1.165, 1.54) is 0 Å². The van der Waals surface area contributed by atoms with Crippen molar-refractivity contribution in [2.24, 2.45) is 0 Å². The number of rotatable bonds is 2. The average Bonchev–Trinajstić information content (AvgIpc) is 2.03. The number of methoxy groups -OCH3 is 1. The predicted octanol–water partition coefficient (Wildman–Crippen LogP) is 2.71. The molecular formula is C9H10ClO. The molecule has 0 aliphatic rings. The first kappa shape index (κ1) is 8.41. The zero-order valence-electron chi connectivity index (χ0n) is 6.65. The molecule has 0 aromatic heterocycles. The Bertz CT molecular complexity index is 223. The fourth-order valence-electron chi connectivity index (χ4n) is 0.864. The molecule has 0 bridgehead atoms. The van der Waals surface area contributed by atoms with Crippen molar-refractivity contribution in [3.63, 3.8) is 0 Å². The van der Waals surface area contributed by atoms with Gasteiger partial charge in [0, 0.05) is 11.1 Å². The molecule has 0 aliphatic carbocycles. The van der Waals surface area contributed by atoms with E-state index in [4.69, 9.17) is 16.3 Å². The highest BCUT2D eigenvalue weighted by atomic mass is 35.5. The highest BCUT2D eigenvalue weighted by Gasteiger charge is 1.97. The molecule has 0 fully saturated rings. The minimum Gasteiger partial charge on any atom is -0.496 e. The minimum absolute atomic E-state index is 0.703. The number of hydrogen-bond acceptors (Lipinski definition) is 1. The molecule has 1 radical (unpaired) electrons. The lowest BCUT2D eigenvalue weighted by molar-refractivity contribution is 0.413. The van der Waals surface area contributed by atoms with Crippen LogP contribution in [-0.4, -0.2) is 7.11 Å². The van der Waals surface area contributed by atoms with Crippen molar-refractivity contribution in [1.29, 1.82) is 0 Å². The quantitative estimate of drug-likeness (QED) is 0.662. The maximum Gasteiger partial charge on any atom is 0.128 e. The first-order chi connectivity index (χ1) is 5.26. The van der Waals surface area contributed by atoms with Crippen molar-refractivity contribution in [2.45, 2.75) is 13.3 Å². The van der Waals surface area contributed by atoms with Crippen LogP contribution in [-0.2, 0) is 6.42 Å². The second-order valence-corrected chi connectivity index (χ2v) is 2.68. The molecule has 0 spiro atoms. The summed E-state index contributed by atoms with van der Waals surface area (Å²) in [5.74, 6) is 0.703. The maximum absolute atomic E-state index is 5.81. The van der Waals surface area contributed by atoms with Crippen LogP contribution in [0.3, 0.4) is 0 Å². The molecule has 1 nitrogen and oxygen atoms in total. The van der Waals surface area contributed by atoms with E-state index in [0.29, 0.717) is 10.8 Å². The topological polar surface area (TPSA) is 9.23 Å². The molecule has 0 aliphatic heterocycles. The summed E-state index contributed by atoms with van der Waals surface area (Å²) in [5, 5.41) is 0.706. The molecule has 0 saturated heterocycles. The molecular weight excluding hydrogens is 160 g/mol. The van der Waals surface area contributed by atoms with Crippen LogP contribution >= 0.6 is 11.6 Å². The predicted molar refractivity (Wildman–Crippen MR) is 46.2 cm³/mol. The van der Waals surface area contributed by atoms with Gasteiger partial charge in [0.05, 0.1) is 7.11 Å². The normalized spacial score (nSPS) is 9.73. The van der Waals surface area contributed by atoms with Crippen molar-refractivity contribution in [3.8, 4) is 5.75 Å². The van der Waals surface area contributed by atoms with Gasteiger partial charge in [-0.1, -0.05) is 18.5 Å². The van der Waals surface area contributed by atoms with Crippen molar-refractivity contribution in [1.82, 2.24) is 0 Å².